The van der Waals surface area contributed by atoms with E-state index in [1.165, 1.54) is 0 Å². The van der Waals surface area contributed by atoms with Gasteiger partial charge >= 0.3 is 29.6 Å². The average molecular weight is 202 g/mol. The van der Waals surface area contributed by atoms with Crippen molar-refractivity contribution in [1.82, 2.24) is 9.55 Å². The van der Waals surface area contributed by atoms with Crippen LogP contribution in [0.4, 0.5) is 0 Å². The molecule has 0 bridgehead atoms. The number of nitrogens with zero attached hydrogens (tertiary/aromatic N) is 2. The van der Waals surface area contributed by atoms with Crippen molar-refractivity contribution >= 4 is 7.82 Å². The third kappa shape index (κ3) is 16.7. The minimum Gasteiger partial charge on any atom is -0.756 e. The summed E-state index contributed by atoms with van der Waals surface area (Å²) in [5.74, 6) is 0. The van der Waals surface area contributed by atoms with E-state index >= 15 is 0 Å². The maximum absolute atomic E-state index is 8.77. The Labute approximate surface area is 91.8 Å². The molecular weight excluding hydrogens is 194 g/mol. The zero-order valence-electron chi connectivity index (χ0n) is 6.78. The topological polar surface area (TPSA) is 98.4 Å². The Morgan fingerprint density at radius 1 is 1.58 bits per heavy atom. The molecule has 0 atom stereocenters. The predicted molar refractivity (Wildman–Crippen MR) is 35.3 cm³/mol. The van der Waals surface area contributed by atoms with Gasteiger partial charge in [-0.15, -0.1) is 0 Å². The van der Waals surface area contributed by atoms with Gasteiger partial charge in [-0.25, -0.2) is 4.98 Å². The molecule has 1 rings (SSSR count). The first-order valence-electron chi connectivity index (χ1n) is 2.58. The summed E-state index contributed by atoms with van der Waals surface area (Å²) < 4.78 is 10.7. The van der Waals surface area contributed by atoms with Gasteiger partial charge in [0.25, 0.3) is 7.82 Å². The number of hydrogen-bond donors (Lipinski definition) is 2. The molecule has 0 aliphatic rings. The van der Waals surface area contributed by atoms with Crippen LogP contribution in [0.15, 0.2) is 18.7 Å². The Balaban J connectivity index is 0. The second kappa shape index (κ2) is 6.80. The molecule has 64 valence electrons. The van der Waals surface area contributed by atoms with Gasteiger partial charge in [0.15, 0.2) is 0 Å². The second-order valence-electron chi connectivity index (χ2n) is 1.72. The van der Waals surface area contributed by atoms with E-state index in [1.54, 1.807) is 12.5 Å². The van der Waals surface area contributed by atoms with Gasteiger partial charge in [0.2, 0.25) is 0 Å². The largest absolute Gasteiger partial charge is 1.00 e. The van der Waals surface area contributed by atoms with E-state index in [0.29, 0.717) is 0 Å². The van der Waals surface area contributed by atoms with Crippen LogP contribution in [0.5, 0.6) is 0 Å². The minimum absolute atomic E-state index is 0. The number of aromatic nitrogens is 2. The van der Waals surface area contributed by atoms with Crippen molar-refractivity contribution in [3.63, 3.8) is 0 Å². The molecule has 0 aliphatic carbocycles. The van der Waals surface area contributed by atoms with Gasteiger partial charge in [0.1, 0.15) is 0 Å². The molecule has 2 N–H and O–H groups in total. The fourth-order valence-corrected chi connectivity index (χ4v) is 0.326. The quantitative estimate of drug-likeness (QED) is 0.329. The first kappa shape index (κ1) is 14.8. The molecule has 0 saturated carbocycles. The van der Waals surface area contributed by atoms with Crippen LogP contribution in [0.1, 0.15) is 0 Å². The molecule has 0 amide bonds. The van der Waals surface area contributed by atoms with E-state index in [-0.39, 0.29) is 29.6 Å². The summed E-state index contributed by atoms with van der Waals surface area (Å²) in [6, 6.07) is 0. The Hall–Kier alpha value is 0.320. The summed E-state index contributed by atoms with van der Waals surface area (Å²) in [4.78, 5) is 26.7. The summed E-state index contributed by atoms with van der Waals surface area (Å²) >= 11 is 0. The van der Waals surface area contributed by atoms with Crippen LogP contribution in [0.25, 0.3) is 0 Å². The van der Waals surface area contributed by atoms with Crippen LogP contribution >= 0.6 is 7.82 Å². The van der Waals surface area contributed by atoms with Crippen molar-refractivity contribution in [3.05, 3.63) is 18.7 Å². The van der Waals surface area contributed by atoms with E-state index in [4.69, 9.17) is 19.2 Å². The predicted octanol–water partition coefficient (Wildman–Crippen LogP) is -4.14. The van der Waals surface area contributed by atoms with Crippen LogP contribution in [-0.4, -0.2) is 19.3 Å². The Kier molecular flexibility index (Phi) is 8.39. The van der Waals surface area contributed by atoms with Crippen LogP contribution in [-0.2, 0) is 11.6 Å². The monoisotopic (exact) mass is 202 g/mol. The summed E-state index contributed by atoms with van der Waals surface area (Å²) in [5.41, 5.74) is 0. The number of imidazole rings is 1. The molecule has 0 aliphatic heterocycles. The van der Waals surface area contributed by atoms with Gasteiger partial charge in [-0.3, -0.25) is 4.57 Å². The van der Waals surface area contributed by atoms with Crippen molar-refractivity contribution in [2.45, 2.75) is 0 Å². The maximum Gasteiger partial charge on any atom is 1.00 e. The molecule has 0 aromatic carbocycles. The van der Waals surface area contributed by atoms with Crippen molar-refractivity contribution in [3.8, 4) is 0 Å². The molecule has 0 fully saturated rings. The SMILES string of the molecule is Cn1ccnc1.O=P([O-])(O)O.[Na+]. The van der Waals surface area contributed by atoms with Crippen LogP contribution in [0, 0.1) is 0 Å². The third-order valence-electron chi connectivity index (χ3n) is 0.637. The molecule has 6 nitrogen and oxygen atoms in total. The third-order valence-corrected chi connectivity index (χ3v) is 0.637. The molecule has 0 saturated heterocycles. The van der Waals surface area contributed by atoms with Crippen LogP contribution in [0.3, 0.4) is 0 Å². The standard InChI is InChI=1S/C4H6N2.Na.H3O4P/c1-6-3-2-5-4-6;;1-5(2,3)4/h2-4H,1H3;;(H3,1,2,3,4)/q;+1;/p-1. The van der Waals surface area contributed by atoms with Crippen LogP contribution < -0.4 is 34.5 Å². The van der Waals surface area contributed by atoms with E-state index in [1.807, 2.05) is 17.8 Å². The van der Waals surface area contributed by atoms with Crippen molar-refractivity contribution in [1.29, 1.82) is 0 Å². The van der Waals surface area contributed by atoms with Gasteiger partial charge in [-0.2, -0.15) is 0 Å². The molecule has 1 aromatic rings. The van der Waals surface area contributed by atoms with Crippen molar-refractivity contribution in [2.75, 3.05) is 0 Å². The zero-order valence-corrected chi connectivity index (χ0v) is 9.68. The van der Waals surface area contributed by atoms with E-state index in [2.05, 4.69) is 4.98 Å². The maximum atomic E-state index is 8.77. The number of hydrogen-bond acceptors (Lipinski definition) is 3. The Morgan fingerprint density at radius 2 is 2.00 bits per heavy atom. The molecule has 1 aromatic heterocycles. The fraction of sp³-hybridized carbons (Fsp3) is 0.250. The zero-order chi connectivity index (χ0) is 8.91. The molecule has 12 heavy (non-hydrogen) atoms. The van der Waals surface area contributed by atoms with E-state index in [0.717, 1.165) is 0 Å². The normalized spacial score (nSPS) is 9.33. The number of phosphoric acid groups is 1. The van der Waals surface area contributed by atoms with Gasteiger partial charge in [-0.05, 0) is 0 Å². The Bertz CT molecular complexity index is 225. The van der Waals surface area contributed by atoms with Crippen LogP contribution in [0.2, 0.25) is 0 Å². The first-order valence-corrected chi connectivity index (χ1v) is 4.11. The van der Waals surface area contributed by atoms with Gasteiger partial charge < -0.3 is 19.2 Å². The van der Waals surface area contributed by atoms with Crippen molar-refractivity contribution in [2.24, 2.45) is 7.05 Å². The van der Waals surface area contributed by atoms with Gasteiger partial charge in [0.05, 0.1) is 6.33 Å². The van der Waals surface area contributed by atoms with Gasteiger partial charge in [0, 0.05) is 19.4 Å². The van der Waals surface area contributed by atoms with Crippen molar-refractivity contribution < 1.29 is 48.8 Å². The average Bonchev–Trinajstić information content (AvgIpc) is 2.12. The smallest absolute Gasteiger partial charge is 0.756 e. The molecule has 8 heteroatoms. The minimum atomic E-state index is -4.89. The van der Waals surface area contributed by atoms with E-state index < -0.39 is 7.82 Å². The first-order chi connectivity index (χ1) is 4.89. The summed E-state index contributed by atoms with van der Waals surface area (Å²) in [7, 11) is -2.95. The Morgan fingerprint density at radius 3 is 2.08 bits per heavy atom. The van der Waals surface area contributed by atoms with E-state index in [9.17, 15) is 0 Å². The number of rotatable bonds is 0. The number of aryl methyl sites for hydroxylation is 1. The summed E-state index contributed by atoms with van der Waals surface area (Å²) in [6.45, 7) is 0. The molecule has 0 spiro atoms. The van der Waals surface area contributed by atoms with Gasteiger partial charge in [-0.1, -0.05) is 0 Å². The molecule has 1 heterocycles. The molecule has 0 radical (unpaired) electrons. The molecular formula is C4H8N2NaO4P. The second-order valence-corrected chi connectivity index (χ2v) is 2.70. The summed E-state index contributed by atoms with van der Waals surface area (Å²) in [5, 5.41) is 0. The summed E-state index contributed by atoms with van der Waals surface area (Å²) in [6.07, 6.45) is 5.39. The molecule has 0 unspecified atom stereocenters. The fourth-order valence-electron chi connectivity index (χ4n) is 0.326.